The molecule has 0 saturated carbocycles. The van der Waals surface area contributed by atoms with Crippen LogP contribution in [0.3, 0.4) is 0 Å². The van der Waals surface area contributed by atoms with Gasteiger partial charge in [-0.25, -0.2) is 17.1 Å². The monoisotopic (exact) mass is 370 g/mol. The predicted molar refractivity (Wildman–Crippen MR) is 89.9 cm³/mol. The summed E-state index contributed by atoms with van der Waals surface area (Å²) in [5, 5.41) is 2.69. The first kappa shape index (κ1) is 18.4. The fourth-order valence-corrected chi connectivity index (χ4v) is 3.32. The molecule has 0 heterocycles. The van der Waals surface area contributed by atoms with Crippen molar-refractivity contribution in [2.75, 3.05) is 14.1 Å². The van der Waals surface area contributed by atoms with Gasteiger partial charge in [0.15, 0.2) is 0 Å². The quantitative estimate of drug-likeness (QED) is 0.879. The number of amides is 1. The molecule has 0 bridgehead atoms. The number of benzene rings is 2. The summed E-state index contributed by atoms with van der Waals surface area (Å²) in [6, 6.07) is 9.75. The van der Waals surface area contributed by atoms with E-state index in [4.69, 9.17) is 11.6 Å². The second-order valence-corrected chi connectivity index (χ2v) is 7.77. The number of halogens is 2. The zero-order valence-corrected chi connectivity index (χ0v) is 14.7. The van der Waals surface area contributed by atoms with Gasteiger partial charge in [0.25, 0.3) is 5.91 Å². The van der Waals surface area contributed by atoms with Crippen molar-refractivity contribution in [3.8, 4) is 0 Å². The minimum atomic E-state index is -3.76. The molecule has 0 aliphatic carbocycles. The van der Waals surface area contributed by atoms with Gasteiger partial charge in [0.2, 0.25) is 10.0 Å². The third-order valence-corrected chi connectivity index (χ3v) is 5.61. The lowest BCUT2D eigenvalue weighted by molar-refractivity contribution is 0.0950. The SMILES string of the molecule is CN(C)S(=O)(=O)c1cc(C(=O)NCc2ccc(F)cc2)ccc1Cl. The molecule has 1 amide bonds. The largest absolute Gasteiger partial charge is 0.348 e. The van der Waals surface area contributed by atoms with Crippen molar-refractivity contribution in [2.45, 2.75) is 11.4 Å². The lowest BCUT2D eigenvalue weighted by atomic mass is 10.2. The first-order valence-electron chi connectivity index (χ1n) is 6.96. The van der Waals surface area contributed by atoms with Crippen molar-refractivity contribution in [1.29, 1.82) is 0 Å². The van der Waals surface area contributed by atoms with E-state index < -0.39 is 15.9 Å². The van der Waals surface area contributed by atoms with Gasteiger partial charge in [-0.1, -0.05) is 23.7 Å². The molecule has 0 fully saturated rings. The Morgan fingerprint density at radius 3 is 2.38 bits per heavy atom. The standard InChI is InChI=1S/C16H16ClFN2O3S/c1-20(2)24(22,23)15-9-12(5-8-14(15)17)16(21)19-10-11-3-6-13(18)7-4-11/h3-9H,10H2,1-2H3,(H,19,21). The smallest absolute Gasteiger partial charge is 0.251 e. The lowest BCUT2D eigenvalue weighted by Crippen LogP contribution is -2.25. The topological polar surface area (TPSA) is 66.5 Å². The van der Waals surface area contributed by atoms with E-state index in [1.807, 2.05) is 0 Å². The Morgan fingerprint density at radius 2 is 1.79 bits per heavy atom. The molecule has 0 unspecified atom stereocenters. The maximum atomic E-state index is 12.8. The van der Waals surface area contributed by atoms with Gasteiger partial charge in [0.05, 0.1) is 5.02 Å². The summed E-state index contributed by atoms with van der Waals surface area (Å²) in [6.45, 7) is 0.192. The molecular formula is C16H16ClFN2O3S. The Kier molecular flexibility index (Phi) is 5.58. The van der Waals surface area contributed by atoms with Gasteiger partial charge in [-0.3, -0.25) is 4.79 Å². The zero-order valence-electron chi connectivity index (χ0n) is 13.1. The van der Waals surface area contributed by atoms with Crippen LogP contribution >= 0.6 is 11.6 Å². The number of nitrogens with one attached hydrogen (secondary N) is 1. The van der Waals surface area contributed by atoms with Gasteiger partial charge in [0.1, 0.15) is 10.7 Å². The van der Waals surface area contributed by atoms with E-state index in [9.17, 15) is 17.6 Å². The van der Waals surface area contributed by atoms with Crippen LogP contribution in [-0.2, 0) is 16.6 Å². The molecule has 0 aromatic heterocycles. The highest BCUT2D eigenvalue weighted by Gasteiger charge is 2.22. The van der Waals surface area contributed by atoms with Crippen molar-refractivity contribution in [1.82, 2.24) is 9.62 Å². The molecule has 0 atom stereocenters. The highest BCUT2D eigenvalue weighted by Crippen LogP contribution is 2.24. The Hall–Kier alpha value is -1.96. The molecule has 2 rings (SSSR count). The minimum Gasteiger partial charge on any atom is -0.348 e. The normalized spacial score (nSPS) is 11.5. The maximum Gasteiger partial charge on any atom is 0.251 e. The van der Waals surface area contributed by atoms with Crippen molar-refractivity contribution in [3.63, 3.8) is 0 Å². The van der Waals surface area contributed by atoms with Crippen LogP contribution in [-0.4, -0.2) is 32.7 Å². The second kappa shape index (κ2) is 7.29. The van der Waals surface area contributed by atoms with Crippen LogP contribution in [0.15, 0.2) is 47.4 Å². The van der Waals surface area contributed by atoms with E-state index in [-0.39, 0.29) is 27.8 Å². The predicted octanol–water partition coefficient (Wildman–Crippen LogP) is 2.66. The molecule has 0 spiro atoms. The van der Waals surface area contributed by atoms with Crippen LogP contribution in [0.2, 0.25) is 5.02 Å². The highest BCUT2D eigenvalue weighted by atomic mass is 35.5. The summed E-state index contributed by atoms with van der Waals surface area (Å²) >= 11 is 5.94. The summed E-state index contributed by atoms with van der Waals surface area (Å²) in [5.74, 6) is -0.812. The lowest BCUT2D eigenvalue weighted by Gasteiger charge is -2.14. The van der Waals surface area contributed by atoms with E-state index in [0.717, 1.165) is 9.87 Å². The van der Waals surface area contributed by atoms with Gasteiger partial charge in [0, 0.05) is 26.2 Å². The summed E-state index contributed by atoms with van der Waals surface area (Å²) in [5.41, 5.74) is 0.891. The van der Waals surface area contributed by atoms with E-state index in [1.54, 1.807) is 12.1 Å². The van der Waals surface area contributed by atoms with E-state index in [2.05, 4.69) is 5.32 Å². The van der Waals surface area contributed by atoms with Gasteiger partial charge < -0.3 is 5.32 Å². The first-order chi connectivity index (χ1) is 11.2. The zero-order chi connectivity index (χ0) is 17.9. The van der Waals surface area contributed by atoms with Crippen LogP contribution < -0.4 is 5.32 Å². The van der Waals surface area contributed by atoms with E-state index in [0.29, 0.717) is 0 Å². The molecule has 2 aromatic rings. The summed E-state index contributed by atoms with van der Waals surface area (Å²) in [6.07, 6.45) is 0. The van der Waals surface area contributed by atoms with E-state index in [1.165, 1.54) is 44.4 Å². The van der Waals surface area contributed by atoms with Crippen molar-refractivity contribution >= 4 is 27.5 Å². The molecule has 5 nitrogen and oxygen atoms in total. The number of carbonyl (C=O) groups is 1. The number of hydrogen-bond acceptors (Lipinski definition) is 3. The van der Waals surface area contributed by atoms with Crippen molar-refractivity contribution in [3.05, 3.63) is 64.4 Å². The van der Waals surface area contributed by atoms with Crippen LogP contribution in [0.5, 0.6) is 0 Å². The molecule has 0 saturated heterocycles. The molecule has 2 aromatic carbocycles. The Bertz CT molecular complexity index is 852. The molecular weight excluding hydrogens is 355 g/mol. The molecule has 0 radical (unpaired) electrons. The molecule has 8 heteroatoms. The molecule has 1 N–H and O–H groups in total. The van der Waals surface area contributed by atoms with Crippen LogP contribution in [0, 0.1) is 5.82 Å². The third kappa shape index (κ3) is 4.11. The number of rotatable bonds is 5. The average molecular weight is 371 g/mol. The first-order valence-corrected chi connectivity index (χ1v) is 8.78. The van der Waals surface area contributed by atoms with Gasteiger partial charge in [-0.15, -0.1) is 0 Å². The maximum absolute atomic E-state index is 12.8. The molecule has 128 valence electrons. The van der Waals surface area contributed by atoms with Crippen LogP contribution in [0.1, 0.15) is 15.9 Å². The Morgan fingerprint density at radius 1 is 1.17 bits per heavy atom. The second-order valence-electron chi connectivity index (χ2n) is 5.24. The molecule has 0 aliphatic heterocycles. The van der Waals surface area contributed by atoms with Gasteiger partial charge >= 0.3 is 0 Å². The third-order valence-electron chi connectivity index (χ3n) is 3.32. The fourth-order valence-electron chi connectivity index (χ4n) is 1.93. The average Bonchev–Trinajstić information content (AvgIpc) is 2.54. The number of sulfonamides is 1. The summed E-state index contributed by atoms with van der Waals surface area (Å²) < 4.78 is 38.3. The highest BCUT2D eigenvalue weighted by molar-refractivity contribution is 7.89. The summed E-state index contributed by atoms with van der Waals surface area (Å²) in [7, 11) is -0.992. The van der Waals surface area contributed by atoms with E-state index >= 15 is 0 Å². The van der Waals surface area contributed by atoms with Gasteiger partial charge in [-0.2, -0.15) is 0 Å². The number of hydrogen-bond donors (Lipinski definition) is 1. The van der Waals surface area contributed by atoms with Crippen LogP contribution in [0.4, 0.5) is 4.39 Å². The van der Waals surface area contributed by atoms with Crippen molar-refractivity contribution < 1.29 is 17.6 Å². The van der Waals surface area contributed by atoms with Crippen LogP contribution in [0.25, 0.3) is 0 Å². The van der Waals surface area contributed by atoms with Gasteiger partial charge in [-0.05, 0) is 35.9 Å². The number of carbonyl (C=O) groups excluding carboxylic acids is 1. The summed E-state index contributed by atoms with van der Waals surface area (Å²) in [4.78, 5) is 12.1. The van der Waals surface area contributed by atoms with Crippen molar-refractivity contribution in [2.24, 2.45) is 0 Å². The molecule has 24 heavy (non-hydrogen) atoms. The Labute approximate surface area is 145 Å². The number of nitrogens with zero attached hydrogens (tertiary/aromatic N) is 1. The molecule has 0 aliphatic rings. The Balaban J connectivity index is 2.20. The fraction of sp³-hybridized carbons (Fsp3) is 0.188. The minimum absolute atomic E-state index is 0.0405.